The Kier molecular flexibility index (Phi) is 1.35. The van der Waals surface area contributed by atoms with E-state index in [1.54, 1.807) is 0 Å². The minimum absolute atomic E-state index is 0.207. The van der Waals surface area contributed by atoms with E-state index in [0.29, 0.717) is 30.0 Å². The first-order valence-corrected chi connectivity index (χ1v) is 5.76. The van der Waals surface area contributed by atoms with Crippen molar-refractivity contribution >= 4 is 0 Å². The van der Waals surface area contributed by atoms with E-state index in [0.717, 1.165) is 13.2 Å². The summed E-state index contributed by atoms with van der Waals surface area (Å²) in [5.41, 5.74) is 0. The van der Waals surface area contributed by atoms with Gasteiger partial charge in [-0.05, 0) is 12.8 Å². The van der Waals surface area contributed by atoms with Crippen molar-refractivity contribution in [2.75, 3.05) is 13.2 Å². The van der Waals surface area contributed by atoms with Gasteiger partial charge >= 0.3 is 0 Å². The summed E-state index contributed by atoms with van der Waals surface area (Å²) in [5.74, 6) is 1.66. The van der Waals surface area contributed by atoms with Crippen LogP contribution in [0.5, 0.6) is 0 Å². The smallest absolute Gasteiger partial charge is 0.174 e. The molecule has 1 spiro atoms. The minimum Gasteiger partial charge on any atom is -0.369 e. The van der Waals surface area contributed by atoms with Gasteiger partial charge in [-0.25, -0.2) is 0 Å². The van der Waals surface area contributed by atoms with Crippen molar-refractivity contribution in [1.29, 1.82) is 0 Å². The van der Waals surface area contributed by atoms with Gasteiger partial charge in [0.05, 0.1) is 25.4 Å². The molecule has 2 aliphatic carbocycles. The second-order valence-corrected chi connectivity index (χ2v) is 5.11. The summed E-state index contributed by atoms with van der Waals surface area (Å²) in [6.07, 6.45) is 3.57. The zero-order chi connectivity index (χ0) is 9.34. The number of ether oxygens (including phenoxy) is 3. The van der Waals surface area contributed by atoms with Crippen molar-refractivity contribution < 1.29 is 14.2 Å². The predicted molar refractivity (Wildman–Crippen MR) is 48.7 cm³/mol. The summed E-state index contributed by atoms with van der Waals surface area (Å²) in [7, 11) is 0. The fourth-order valence-corrected chi connectivity index (χ4v) is 4.00. The lowest BCUT2D eigenvalue weighted by Gasteiger charge is -2.57. The molecule has 0 amide bonds. The Morgan fingerprint density at radius 2 is 1.93 bits per heavy atom. The van der Waals surface area contributed by atoms with Crippen LogP contribution in [0.1, 0.15) is 19.8 Å². The molecule has 5 atom stereocenters. The van der Waals surface area contributed by atoms with Crippen molar-refractivity contribution in [1.82, 2.24) is 0 Å². The molecule has 0 radical (unpaired) electrons. The monoisotopic (exact) mass is 196 g/mol. The lowest BCUT2D eigenvalue weighted by Crippen LogP contribution is -2.65. The van der Waals surface area contributed by atoms with Crippen molar-refractivity contribution in [2.24, 2.45) is 17.8 Å². The molecule has 3 heteroatoms. The van der Waals surface area contributed by atoms with Gasteiger partial charge in [0.25, 0.3) is 0 Å². The minimum atomic E-state index is -0.207. The summed E-state index contributed by atoms with van der Waals surface area (Å²) in [5, 5.41) is 0. The van der Waals surface area contributed by atoms with Crippen LogP contribution >= 0.6 is 0 Å². The van der Waals surface area contributed by atoms with Gasteiger partial charge < -0.3 is 14.2 Å². The van der Waals surface area contributed by atoms with E-state index in [1.807, 2.05) is 0 Å². The molecule has 0 bridgehead atoms. The molecule has 2 aliphatic heterocycles. The highest BCUT2D eigenvalue weighted by Gasteiger charge is 2.71. The molecule has 2 heterocycles. The third kappa shape index (κ3) is 0.730. The SMILES string of the molecule is CC1C2C3OC3CCC2C12OCCO2. The van der Waals surface area contributed by atoms with Gasteiger partial charge in [0.15, 0.2) is 5.79 Å². The predicted octanol–water partition coefficient (Wildman–Crippen LogP) is 1.17. The molecule has 0 aromatic carbocycles. The fraction of sp³-hybridized carbons (Fsp3) is 1.00. The third-order valence-electron chi connectivity index (χ3n) is 4.70. The van der Waals surface area contributed by atoms with E-state index < -0.39 is 0 Å². The number of rotatable bonds is 0. The molecule has 4 rings (SSSR count). The average molecular weight is 196 g/mol. The Bertz CT molecular complexity index is 272. The first-order chi connectivity index (χ1) is 6.83. The Balaban J connectivity index is 1.65. The summed E-state index contributed by atoms with van der Waals surface area (Å²) < 4.78 is 17.4. The van der Waals surface area contributed by atoms with Crippen LogP contribution in [0.2, 0.25) is 0 Å². The van der Waals surface area contributed by atoms with Crippen LogP contribution < -0.4 is 0 Å². The van der Waals surface area contributed by atoms with E-state index in [2.05, 4.69) is 6.92 Å². The third-order valence-corrected chi connectivity index (χ3v) is 4.70. The van der Waals surface area contributed by atoms with Crippen molar-refractivity contribution in [3.05, 3.63) is 0 Å². The normalized spacial score (nSPS) is 57.6. The van der Waals surface area contributed by atoms with Gasteiger partial charge in [-0.2, -0.15) is 0 Å². The highest BCUT2D eigenvalue weighted by molar-refractivity contribution is 5.14. The molecule has 3 nitrogen and oxygen atoms in total. The maximum atomic E-state index is 5.85. The van der Waals surface area contributed by atoms with E-state index in [4.69, 9.17) is 14.2 Å². The molecular formula is C11H16O3. The van der Waals surface area contributed by atoms with Crippen molar-refractivity contribution in [3.8, 4) is 0 Å². The topological polar surface area (TPSA) is 31.0 Å². The maximum Gasteiger partial charge on any atom is 0.174 e. The number of epoxide rings is 1. The second-order valence-electron chi connectivity index (χ2n) is 5.11. The summed E-state index contributed by atoms with van der Waals surface area (Å²) >= 11 is 0. The van der Waals surface area contributed by atoms with E-state index in [9.17, 15) is 0 Å². The fourth-order valence-electron chi connectivity index (χ4n) is 4.00. The van der Waals surface area contributed by atoms with E-state index in [1.165, 1.54) is 12.8 Å². The Morgan fingerprint density at radius 3 is 2.71 bits per heavy atom. The van der Waals surface area contributed by atoms with Crippen LogP contribution in [0, 0.1) is 17.8 Å². The number of fused-ring (bicyclic) bond motifs is 4. The Hall–Kier alpha value is -0.120. The number of hydrogen-bond acceptors (Lipinski definition) is 3. The summed E-state index contributed by atoms with van der Waals surface area (Å²) in [6, 6.07) is 0. The molecular weight excluding hydrogens is 180 g/mol. The molecule has 78 valence electrons. The molecule has 5 unspecified atom stereocenters. The molecule has 2 saturated carbocycles. The van der Waals surface area contributed by atoms with Crippen LogP contribution in [0.15, 0.2) is 0 Å². The largest absolute Gasteiger partial charge is 0.369 e. The van der Waals surface area contributed by atoms with E-state index in [-0.39, 0.29) is 5.79 Å². The summed E-state index contributed by atoms with van der Waals surface area (Å²) in [4.78, 5) is 0. The van der Waals surface area contributed by atoms with Gasteiger partial charge in [0.1, 0.15) is 0 Å². The van der Waals surface area contributed by atoms with Gasteiger partial charge in [-0.1, -0.05) is 6.92 Å². The molecule has 0 aromatic heterocycles. The van der Waals surface area contributed by atoms with Crippen molar-refractivity contribution in [2.45, 2.75) is 37.8 Å². The second kappa shape index (κ2) is 2.34. The average Bonchev–Trinajstić information content (AvgIpc) is 2.78. The Labute approximate surface area is 83.7 Å². The van der Waals surface area contributed by atoms with Gasteiger partial charge in [-0.3, -0.25) is 0 Å². The summed E-state index contributed by atoms with van der Waals surface area (Å²) in [6.45, 7) is 3.82. The highest BCUT2D eigenvalue weighted by Crippen LogP contribution is 2.63. The van der Waals surface area contributed by atoms with Crippen LogP contribution in [-0.2, 0) is 14.2 Å². The first-order valence-electron chi connectivity index (χ1n) is 5.76. The molecule has 4 fully saturated rings. The van der Waals surface area contributed by atoms with Gasteiger partial charge in [-0.15, -0.1) is 0 Å². The van der Waals surface area contributed by atoms with Crippen LogP contribution in [0.4, 0.5) is 0 Å². The van der Waals surface area contributed by atoms with Gasteiger partial charge in [0, 0.05) is 17.8 Å². The number of hydrogen-bond donors (Lipinski definition) is 0. The lowest BCUT2D eigenvalue weighted by molar-refractivity contribution is -0.321. The molecule has 14 heavy (non-hydrogen) atoms. The van der Waals surface area contributed by atoms with Gasteiger partial charge in [0.2, 0.25) is 0 Å². The molecule has 2 saturated heterocycles. The lowest BCUT2D eigenvalue weighted by atomic mass is 9.54. The van der Waals surface area contributed by atoms with Crippen molar-refractivity contribution in [3.63, 3.8) is 0 Å². The molecule has 4 aliphatic rings. The van der Waals surface area contributed by atoms with Crippen LogP contribution in [0.3, 0.4) is 0 Å². The van der Waals surface area contributed by atoms with Crippen LogP contribution in [0.25, 0.3) is 0 Å². The maximum absolute atomic E-state index is 5.85. The first kappa shape index (κ1) is 8.08. The molecule has 0 aromatic rings. The highest BCUT2D eigenvalue weighted by atomic mass is 16.7. The quantitative estimate of drug-likeness (QED) is 0.545. The molecule has 0 N–H and O–H groups in total. The standard InChI is InChI=1S/C11H16O3/c1-6-9-7(2-3-8-10(9)14-8)11(6)12-4-5-13-11/h6-10H,2-5H2,1H3. The zero-order valence-corrected chi connectivity index (χ0v) is 8.44. The van der Waals surface area contributed by atoms with Crippen LogP contribution in [-0.4, -0.2) is 31.2 Å². The Morgan fingerprint density at radius 1 is 1.14 bits per heavy atom. The van der Waals surface area contributed by atoms with E-state index >= 15 is 0 Å². The zero-order valence-electron chi connectivity index (χ0n) is 8.44.